The molecule has 2 amide bonds. The Hall–Kier alpha value is -3.60. The van der Waals surface area contributed by atoms with Gasteiger partial charge in [-0.25, -0.2) is 5.10 Å². The third-order valence-electron chi connectivity index (χ3n) is 3.20. The van der Waals surface area contributed by atoms with Crippen molar-refractivity contribution in [2.45, 2.75) is 0 Å². The number of carbonyl (C=O) groups excluding carboxylic acids is 2. The van der Waals surface area contributed by atoms with Crippen molar-refractivity contribution in [3.8, 4) is 0 Å². The first-order valence-corrected chi connectivity index (χ1v) is 7.61. The van der Waals surface area contributed by atoms with Gasteiger partial charge >= 0.3 is 5.00 Å². The lowest BCUT2D eigenvalue weighted by molar-refractivity contribution is -0.380. The Kier molecular flexibility index (Phi) is 4.22. The third kappa shape index (κ3) is 3.21. The number of fused-ring (bicyclic) bond motifs is 1. The van der Waals surface area contributed by atoms with Gasteiger partial charge < -0.3 is 0 Å². The first kappa shape index (κ1) is 16.3. The predicted molar refractivity (Wildman–Crippen MR) is 88.3 cm³/mol. The summed E-state index contributed by atoms with van der Waals surface area (Å²) in [6.07, 6.45) is 0. The minimum Gasteiger partial charge on any atom is -0.267 e. The maximum Gasteiger partial charge on any atom is 0.324 e. The van der Waals surface area contributed by atoms with Crippen LogP contribution in [-0.4, -0.2) is 26.9 Å². The van der Waals surface area contributed by atoms with E-state index in [9.17, 15) is 24.5 Å². The van der Waals surface area contributed by atoms with Crippen LogP contribution >= 0.6 is 11.3 Å². The summed E-state index contributed by atoms with van der Waals surface area (Å²) >= 11 is 0.676. The van der Waals surface area contributed by atoms with Gasteiger partial charge in [-0.1, -0.05) is 29.5 Å². The molecule has 0 atom stereocenters. The number of hydrogen-bond donors (Lipinski definition) is 3. The van der Waals surface area contributed by atoms with Crippen LogP contribution in [0.15, 0.2) is 41.2 Å². The molecule has 10 nitrogen and oxygen atoms in total. The van der Waals surface area contributed by atoms with Gasteiger partial charge in [0, 0.05) is 11.5 Å². The molecule has 0 bridgehead atoms. The van der Waals surface area contributed by atoms with Gasteiger partial charge in [0.2, 0.25) is 0 Å². The minimum atomic E-state index is -0.744. The van der Waals surface area contributed by atoms with Crippen molar-refractivity contribution in [2.24, 2.45) is 0 Å². The van der Waals surface area contributed by atoms with E-state index < -0.39 is 22.3 Å². The van der Waals surface area contributed by atoms with E-state index in [1.165, 1.54) is 18.2 Å². The lowest BCUT2D eigenvalue weighted by atomic mass is 10.1. The van der Waals surface area contributed by atoms with Crippen LogP contribution in [0.25, 0.3) is 10.8 Å². The van der Waals surface area contributed by atoms with E-state index in [1.54, 1.807) is 18.2 Å². The molecule has 3 N–H and O–H groups in total. The van der Waals surface area contributed by atoms with Gasteiger partial charge in [0.1, 0.15) is 4.88 Å². The number of hydrogen-bond acceptors (Lipinski definition) is 7. The number of amides is 2. The summed E-state index contributed by atoms with van der Waals surface area (Å²) < 4.78 is 0. The number of rotatable bonds is 3. The highest BCUT2D eigenvalue weighted by molar-refractivity contribution is 7.17. The Morgan fingerprint density at radius 1 is 1.08 bits per heavy atom. The summed E-state index contributed by atoms with van der Waals surface area (Å²) in [7, 11) is 0. The summed E-state index contributed by atoms with van der Waals surface area (Å²) in [5.74, 6) is -1.45. The standard InChI is InChI=1S/C14H9N5O5S/c20-12-8-4-2-1-3-7(8)11(15-16-12)14(22)18-17-13(21)9-5-6-10(25-9)19(23)24/h1-6H,(H,16,20)(H,17,21)(H,18,22). The van der Waals surface area contributed by atoms with Gasteiger partial charge in [0.15, 0.2) is 5.69 Å². The summed E-state index contributed by atoms with van der Waals surface area (Å²) in [4.78, 5) is 45.9. The average molecular weight is 359 g/mol. The van der Waals surface area contributed by atoms with Crippen LogP contribution in [0, 0.1) is 10.1 Å². The molecule has 2 heterocycles. The molecule has 0 saturated carbocycles. The molecule has 0 radical (unpaired) electrons. The van der Waals surface area contributed by atoms with Gasteiger partial charge in [-0.15, -0.1) is 0 Å². The molecular weight excluding hydrogens is 350 g/mol. The number of carbonyl (C=O) groups is 2. The molecular formula is C14H9N5O5S. The highest BCUT2D eigenvalue weighted by Crippen LogP contribution is 2.23. The quantitative estimate of drug-likeness (QED) is 0.469. The molecule has 11 heteroatoms. The first-order valence-electron chi connectivity index (χ1n) is 6.79. The van der Waals surface area contributed by atoms with Crippen LogP contribution in [0.2, 0.25) is 0 Å². The molecule has 0 saturated heterocycles. The molecule has 126 valence electrons. The smallest absolute Gasteiger partial charge is 0.267 e. The van der Waals surface area contributed by atoms with Crippen molar-refractivity contribution in [1.29, 1.82) is 0 Å². The monoisotopic (exact) mass is 359 g/mol. The first-order chi connectivity index (χ1) is 12.0. The number of aromatic nitrogens is 2. The SMILES string of the molecule is O=C(NNC(=O)c1n[nH]c(=O)c2ccccc12)c1ccc([N+](=O)[O-])s1. The second-order valence-electron chi connectivity index (χ2n) is 4.75. The predicted octanol–water partition coefficient (Wildman–Crippen LogP) is 0.968. The maximum atomic E-state index is 12.2. The number of hydrazine groups is 1. The largest absolute Gasteiger partial charge is 0.324 e. The fraction of sp³-hybridized carbons (Fsp3) is 0. The Labute approximate surface area is 142 Å². The number of nitrogens with zero attached hydrogens (tertiary/aromatic N) is 2. The van der Waals surface area contributed by atoms with Crippen molar-refractivity contribution < 1.29 is 14.5 Å². The van der Waals surface area contributed by atoms with Crippen LogP contribution in [0.4, 0.5) is 5.00 Å². The van der Waals surface area contributed by atoms with Crippen molar-refractivity contribution in [2.75, 3.05) is 0 Å². The summed E-state index contributed by atoms with van der Waals surface area (Å²) in [5.41, 5.74) is 3.79. The van der Waals surface area contributed by atoms with Crippen molar-refractivity contribution in [3.05, 3.63) is 67.4 Å². The zero-order valence-corrected chi connectivity index (χ0v) is 13.1. The lowest BCUT2D eigenvalue weighted by Gasteiger charge is -2.07. The molecule has 25 heavy (non-hydrogen) atoms. The van der Waals surface area contributed by atoms with Crippen molar-refractivity contribution in [3.63, 3.8) is 0 Å². The van der Waals surface area contributed by atoms with Gasteiger partial charge in [-0.2, -0.15) is 5.10 Å². The van der Waals surface area contributed by atoms with Crippen LogP contribution < -0.4 is 16.4 Å². The van der Waals surface area contributed by atoms with E-state index in [1.807, 2.05) is 0 Å². The summed E-state index contributed by atoms with van der Waals surface area (Å²) in [6, 6.07) is 8.84. The minimum absolute atomic E-state index is 0.0614. The number of nitro groups is 1. The Morgan fingerprint density at radius 3 is 2.44 bits per heavy atom. The van der Waals surface area contributed by atoms with Crippen LogP contribution in [-0.2, 0) is 0 Å². The van der Waals surface area contributed by atoms with Crippen LogP contribution in [0.3, 0.4) is 0 Å². The maximum absolute atomic E-state index is 12.2. The van der Waals surface area contributed by atoms with Crippen molar-refractivity contribution >= 4 is 38.9 Å². The van der Waals surface area contributed by atoms with Gasteiger partial charge in [-0.3, -0.25) is 35.3 Å². The molecule has 3 rings (SSSR count). The van der Waals surface area contributed by atoms with Crippen LogP contribution in [0.5, 0.6) is 0 Å². The molecule has 0 spiro atoms. The summed E-state index contributed by atoms with van der Waals surface area (Å²) in [6.45, 7) is 0. The molecule has 1 aromatic carbocycles. The molecule has 2 aromatic heterocycles. The normalized spacial score (nSPS) is 10.4. The molecule has 0 aliphatic rings. The Bertz CT molecular complexity index is 1060. The van der Waals surface area contributed by atoms with E-state index in [0.29, 0.717) is 16.7 Å². The second kappa shape index (κ2) is 6.49. The number of thiophene rings is 1. The second-order valence-corrected chi connectivity index (χ2v) is 5.81. The van der Waals surface area contributed by atoms with Crippen molar-refractivity contribution in [1.82, 2.24) is 21.0 Å². The molecule has 0 aliphatic heterocycles. The van der Waals surface area contributed by atoms with Crippen LogP contribution in [0.1, 0.15) is 20.2 Å². The number of aromatic amines is 1. The summed E-state index contributed by atoms with van der Waals surface area (Å²) in [5, 5.41) is 16.9. The van der Waals surface area contributed by atoms with E-state index in [-0.39, 0.29) is 21.0 Å². The number of H-pyrrole nitrogens is 1. The van der Waals surface area contributed by atoms with Gasteiger partial charge in [0.05, 0.1) is 10.3 Å². The average Bonchev–Trinajstić information content (AvgIpc) is 3.10. The Balaban J connectivity index is 1.77. The topological polar surface area (TPSA) is 147 Å². The highest BCUT2D eigenvalue weighted by Gasteiger charge is 2.18. The molecule has 3 aromatic rings. The van der Waals surface area contributed by atoms with E-state index >= 15 is 0 Å². The Morgan fingerprint density at radius 2 is 1.76 bits per heavy atom. The fourth-order valence-electron chi connectivity index (χ4n) is 2.07. The zero-order chi connectivity index (χ0) is 18.0. The van der Waals surface area contributed by atoms with Gasteiger partial charge in [0.25, 0.3) is 17.4 Å². The van der Waals surface area contributed by atoms with Gasteiger partial charge in [-0.05, 0) is 12.1 Å². The van der Waals surface area contributed by atoms with E-state index in [0.717, 1.165) is 0 Å². The fourth-order valence-corrected chi connectivity index (χ4v) is 2.79. The van der Waals surface area contributed by atoms with E-state index in [2.05, 4.69) is 21.0 Å². The number of nitrogens with one attached hydrogen (secondary N) is 3. The molecule has 0 aliphatic carbocycles. The number of benzene rings is 1. The molecule has 0 unspecified atom stereocenters. The lowest BCUT2D eigenvalue weighted by Crippen LogP contribution is -2.42. The van der Waals surface area contributed by atoms with E-state index in [4.69, 9.17) is 0 Å². The third-order valence-corrected chi connectivity index (χ3v) is 4.23. The highest BCUT2D eigenvalue weighted by atomic mass is 32.1. The molecule has 0 fully saturated rings. The zero-order valence-electron chi connectivity index (χ0n) is 12.3.